The molecule has 5 aliphatic rings. The van der Waals surface area contributed by atoms with E-state index in [-0.39, 0.29) is 37.6 Å². The second-order valence-corrected chi connectivity index (χ2v) is 8.53. The van der Waals surface area contributed by atoms with Crippen LogP contribution < -0.4 is 4.74 Å². The molecule has 1 heterocycles. The maximum atomic E-state index is 12.9. The van der Waals surface area contributed by atoms with E-state index >= 15 is 0 Å². The lowest BCUT2D eigenvalue weighted by molar-refractivity contribution is -0.385. The maximum absolute atomic E-state index is 12.9. The second kappa shape index (κ2) is 6.48. The van der Waals surface area contributed by atoms with Gasteiger partial charge in [-0.1, -0.05) is 0 Å². The van der Waals surface area contributed by atoms with Gasteiger partial charge in [-0.2, -0.15) is 0 Å². The first kappa shape index (κ1) is 17.0. The first-order valence-electron chi connectivity index (χ1n) is 9.76. The smallest absolute Gasteiger partial charge is 0.309 e. The number of benzene rings is 1. The summed E-state index contributed by atoms with van der Waals surface area (Å²) in [4.78, 5) is 23.6. The maximum Gasteiger partial charge on any atom is 0.309 e. The molecule has 0 aromatic heterocycles. The van der Waals surface area contributed by atoms with Gasteiger partial charge < -0.3 is 14.2 Å². The Bertz CT molecular complexity index is 763. The van der Waals surface area contributed by atoms with Crippen LogP contribution in [0.15, 0.2) is 12.1 Å². The van der Waals surface area contributed by atoms with Crippen LogP contribution in [-0.4, -0.2) is 17.7 Å². The third kappa shape index (κ3) is 2.98. The van der Waals surface area contributed by atoms with Crippen molar-refractivity contribution in [1.29, 1.82) is 0 Å². The number of hydrogen-bond donors (Lipinski definition) is 0. The fraction of sp³-hybridized carbons (Fsp3) is 0.650. The molecule has 0 amide bonds. The fourth-order valence-corrected chi connectivity index (χ4v) is 6.05. The highest BCUT2D eigenvalue weighted by atomic mass is 16.7. The lowest BCUT2D eigenvalue weighted by atomic mass is 9.52. The van der Waals surface area contributed by atoms with Crippen molar-refractivity contribution in [3.8, 4) is 5.75 Å². The van der Waals surface area contributed by atoms with Gasteiger partial charge in [0.1, 0.15) is 12.4 Å². The molecular weight excluding hydrogens is 350 g/mol. The normalized spacial score (nSPS) is 33.3. The van der Waals surface area contributed by atoms with E-state index in [4.69, 9.17) is 14.2 Å². The fourth-order valence-electron chi connectivity index (χ4n) is 6.05. The SMILES string of the molecule is O=C(OCc1cc([N+](=O)[O-])cc2c1OCOC2)C1C2CC3CC(C2)CC1C3. The molecule has 4 saturated carbocycles. The van der Waals surface area contributed by atoms with Gasteiger partial charge >= 0.3 is 5.97 Å². The molecule has 7 heteroatoms. The zero-order valence-corrected chi connectivity index (χ0v) is 15.1. The summed E-state index contributed by atoms with van der Waals surface area (Å²) in [5, 5.41) is 11.2. The highest BCUT2D eigenvalue weighted by Gasteiger charge is 2.51. The number of nitro benzene ring substituents is 1. The summed E-state index contributed by atoms with van der Waals surface area (Å²) in [6.45, 7) is 0.362. The highest BCUT2D eigenvalue weighted by molar-refractivity contribution is 5.74. The number of nitrogens with zero attached hydrogens (tertiary/aromatic N) is 1. The Balaban J connectivity index is 1.33. The largest absolute Gasteiger partial charge is 0.467 e. The number of non-ortho nitro benzene ring substituents is 1. The molecule has 0 spiro atoms. The number of rotatable bonds is 4. The highest BCUT2D eigenvalue weighted by Crippen LogP contribution is 2.56. The standard InChI is InChI=1S/C20H23NO6/c22-20(18-13-2-11-1-12(4-13)5-14(18)3-11)26-9-16-7-17(21(23)24)6-15-8-25-10-27-19(15)16/h6-7,11-14,18H,1-5,8-10H2. The van der Waals surface area contributed by atoms with Gasteiger partial charge in [-0.05, 0) is 55.8 Å². The van der Waals surface area contributed by atoms with Crippen molar-refractivity contribution in [3.05, 3.63) is 33.4 Å². The van der Waals surface area contributed by atoms with E-state index in [0.717, 1.165) is 37.5 Å². The van der Waals surface area contributed by atoms with E-state index in [1.54, 1.807) is 0 Å². The Morgan fingerprint density at radius 3 is 2.52 bits per heavy atom. The molecule has 0 saturated heterocycles. The van der Waals surface area contributed by atoms with E-state index in [1.165, 1.54) is 18.6 Å². The van der Waals surface area contributed by atoms with Crippen molar-refractivity contribution in [3.63, 3.8) is 0 Å². The Labute approximate surface area is 157 Å². The van der Waals surface area contributed by atoms with Crippen LogP contribution in [0.5, 0.6) is 5.75 Å². The van der Waals surface area contributed by atoms with E-state index in [2.05, 4.69) is 0 Å². The van der Waals surface area contributed by atoms with Gasteiger partial charge in [0.2, 0.25) is 0 Å². The van der Waals surface area contributed by atoms with Gasteiger partial charge in [0, 0.05) is 23.3 Å². The molecule has 1 aliphatic heterocycles. The molecular formula is C20H23NO6. The van der Waals surface area contributed by atoms with Crippen molar-refractivity contribution < 1.29 is 23.9 Å². The number of carbonyl (C=O) groups is 1. The minimum atomic E-state index is -0.446. The molecule has 1 aromatic rings. The summed E-state index contributed by atoms with van der Waals surface area (Å²) in [7, 11) is 0. The van der Waals surface area contributed by atoms with Crippen molar-refractivity contribution in [2.75, 3.05) is 6.79 Å². The zero-order chi connectivity index (χ0) is 18.5. The average Bonchev–Trinajstić information content (AvgIpc) is 2.65. The van der Waals surface area contributed by atoms with E-state index in [1.807, 2.05) is 0 Å². The summed E-state index contributed by atoms with van der Waals surface area (Å²) in [6.07, 6.45) is 5.95. The molecule has 6 rings (SSSR count). The summed E-state index contributed by atoms with van der Waals surface area (Å²) in [6, 6.07) is 2.89. The minimum absolute atomic E-state index is 0.00317. The molecule has 4 fully saturated rings. The zero-order valence-electron chi connectivity index (χ0n) is 15.1. The van der Waals surface area contributed by atoms with Crippen LogP contribution in [0.25, 0.3) is 0 Å². The van der Waals surface area contributed by atoms with Crippen LogP contribution in [0, 0.1) is 39.7 Å². The number of carbonyl (C=O) groups excluding carboxylic acids is 1. The number of esters is 1. The first-order chi connectivity index (χ1) is 13.1. The van der Waals surface area contributed by atoms with Gasteiger partial charge in [0.05, 0.1) is 17.4 Å². The predicted octanol–water partition coefficient (Wildman–Crippen LogP) is 3.58. The van der Waals surface area contributed by atoms with Crippen molar-refractivity contribution >= 4 is 11.7 Å². The monoisotopic (exact) mass is 373 g/mol. The van der Waals surface area contributed by atoms with Crippen molar-refractivity contribution in [2.45, 2.75) is 45.3 Å². The summed E-state index contributed by atoms with van der Waals surface area (Å²) >= 11 is 0. The predicted molar refractivity (Wildman–Crippen MR) is 93.7 cm³/mol. The van der Waals surface area contributed by atoms with Crippen LogP contribution in [0.4, 0.5) is 5.69 Å². The molecule has 0 unspecified atom stereocenters. The van der Waals surface area contributed by atoms with Gasteiger partial charge in [-0.15, -0.1) is 0 Å². The van der Waals surface area contributed by atoms with Gasteiger partial charge in [0.15, 0.2) is 6.79 Å². The Morgan fingerprint density at radius 2 is 1.85 bits per heavy atom. The number of ether oxygens (including phenoxy) is 3. The topological polar surface area (TPSA) is 87.9 Å². The molecule has 0 radical (unpaired) electrons. The third-order valence-corrected chi connectivity index (χ3v) is 6.85. The third-order valence-electron chi connectivity index (χ3n) is 6.85. The van der Waals surface area contributed by atoms with Crippen LogP contribution in [0.1, 0.15) is 43.2 Å². The Morgan fingerprint density at radius 1 is 1.15 bits per heavy atom. The van der Waals surface area contributed by atoms with Crippen LogP contribution >= 0.6 is 0 Å². The lowest BCUT2D eigenvalue weighted by Gasteiger charge is -2.53. The molecule has 7 nitrogen and oxygen atoms in total. The molecule has 4 aliphatic carbocycles. The van der Waals surface area contributed by atoms with Crippen molar-refractivity contribution in [1.82, 2.24) is 0 Å². The minimum Gasteiger partial charge on any atom is -0.467 e. The molecule has 4 bridgehead atoms. The molecule has 0 N–H and O–H groups in total. The first-order valence-corrected chi connectivity index (χ1v) is 9.76. The number of nitro groups is 1. The summed E-state index contributed by atoms with van der Waals surface area (Å²) in [5.41, 5.74) is 1.12. The molecule has 27 heavy (non-hydrogen) atoms. The Kier molecular flexibility index (Phi) is 4.07. The van der Waals surface area contributed by atoms with E-state index < -0.39 is 4.92 Å². The van der Waals surface area contributed by atoms with Crippen LogP contribution in [0.2, 0.25) is 0 Å². The van der Waals surface area contributed by atoms with Crippen LogP contribution in [-0.2, 0) is 27.5 Å². The van der Waals surface area contributed by atoms with Crippen LogP contribution in [0.3, 0.4) is 0 Å². The average molecular weight is 373 g/mol. The molecule has 144 valence electrons. The van der Waals surface area contributed by atoms with E-state index in [0.29, 0.717) is 28.7 Å². The second-order valence-electron chi connectivity index (χ2n) is 8.53. The quantitative estimate of drug-likeness (QED) is 0.455. The number of hydrogen-bond acceptors (Lipinski definition) is 6. The van der Waals surface area contributed by atoms with Gasteiger partial charge in [-0.3, -0.25) is 14.9 Å². The molecule has 0 atom stereocenters. The van der Waals surface area contributed by atoms with Gasteiger partial charge in [-0.25, -0.2) is 0 Å². The summed E-state index contributed by atoms with van der Waals surface area (Å²) < 4.78 is 16.4. The van der Waals surface area contributed by atoms with Crippen molar-refractivity contribution in [2.24, 2.45) is 29.6 Å². The van der Waals surface area contributed by atoms with Gasteiger partial charge in [0.25, 0.3) is 5.69 Å². The lowest BCUT2D eigenvalue weighted by Crippen LogP contribution is -2.48. The molecule has 1 aromatic carbocycles. The Hall–Kier alpha value is -2.15. The van der Waals surface area contributed by atoms with E-state index in [9.17, 15) is 14.9 Å². The summed E-state index contributed by atoms with van der Waals surface area (Å²) in [5.74, 6) is 2.91. The number of fused-ring (bicyclic) bond motifs is 1.